The topological polar surface area (TPSA) is 63.9 Å². The van der Waals surface area contributed by atoms with Gasteiger partial charge in [-0.1, -0.05) is 11.3 Å². The van der Waals surface area contributed by atoms with E-state index in [0.29, 0.717) is 12.5 Å². The first-order valence-electron chi connectivity index (χ1n) is 7.42. The summed E-state index contributed by atoms with van der Waals surface area (Å²) < 4.78 is 26.5. The summed E-state index contributed by atoms with van der Waals surface area (Å²) >= 11 is 1.57. The highest BCUT2D eigenvalue weighted by Gasteiger charge is 2.22. The molecule has 0 aliphatic carbocycles. The minimum atomic E-state index is -2.71. The zero-order chi connectivity index (χ0) is 16.4. The first-order chi connectivity index (χ1) is 11.0. The normalized spacial score (nSPS) is 16.3. The molecule has 1 fully saturated rings. The maximum absolute atomic E-state index is 12.5. The van der Waals surface area contributed by atoms with E-state index in [4.69, 9.17) is 0 Å². The summed E-state index contributed by atoms with van der Waals surface area (Å²) in [6.07, 6.45) is 0.351. The van der Waals surface area contributed by atoms with Crippen molar-refractivity contribution < 1.29 is 8.78 Å². The second kappa shape index (κ2) is 6.69. The Balaban J connectivity index is 1.59. The zero-order valence-corrected chi connectivity index (χ0v) is 13.5. The van der Waals surface area contributed by atoms with E-state index in [9.17, 15) is 13.6 Å². The lowest BCUT2D eigenvalue weighted by molar-refractivity contribution is 0.145. The van der Waals surface area contributed by atoms with Crippen molar-refractivity contribution in [1.29, 1.82) is 0 Å². The Labute approximate surface area is 135 Å². The van der Waals surface area contributed by atoms with Crippen molar-refractivity contribution in [2.24, 2.45) is 5.92 Å². The Morgan fingerprint density at radius 1 is 1.35 bits per heavy atom. The van der Waals surface area contributed by atoms with Gasteiger partial charge in [0.15, 0.2) is 0 Å². The van der Waals surface area contributed by atoms with Gasteiger partial charge in [0.05, 0.1) is 6.33 Å². The summed E-state index contributed by atoms with van der Waals surface area (Å²) in [5.74, 6) is 0.331. The van der Waals surface area contributed by atoms with Crippen molar-refractivity contribution in [1.82, 2.24) is 19.7 Å². The summed E-state index contributed by atoms with van der Waals surface area (Å²) in [4.78, 5) is 17.7. The molecule has 1 aliphatic rings. The van der Waals surface area contributed by atoms with Crippen LogP contribution in [-0.4, -0.2) is 32.8 Å². The first kappa shape index (κ1) is 16.0. The van der Waals surface area contributed by atoms with Gasteiger partial charge in [0.1, 0.15) is 10.7 Å². The van der Waals surface area contributed by atoms with Crippen LogP contribution in [0.4, 0.5) is 13.9 Å². The maximum Gasteiger partial charge on any atom is 0.280 e. The van der Waals surface area contributed by atoms with Crippen LogP contribution in [0, 0.1) is 12.8 Å². The third kappa shape index (κ3) is 3.72. The van der Waals surface area contributed by atoms with Gasteiger partial charge in [0.2, 0.25) is 5.13 Å². The number of hydrogen-bond acceptors (Lipinski definition) is 6. The van der Waals surface area contributed by atoms with Crippen molar-refractivity contribution in [2.75, 3.05) is 18.0 Å². The number of hydrogen-bond donors (Lipinski definition) is 0. The molecule has 0 aromatic carbocycles. The molecule has 1 saturated heterocycles. The van der Waals surface area contributed by atoms with Crippen molar-refractivity contribution in [3.05, 3.63) is 33.4 Å². The van der Waals surface area contributed by atoms with Gasteiger partial charge in [-0.2, -0.15) is 0 Å². The molecule has 2 aromatic rings. The van der Waals surface area contributed by atoms with Gasteiger partial charge in [-0.15, -0.1) is 10.2 Å². The molecule has 0 radical (unpaired) electrons. The molecule has 6 nitrogen and oxygen atoms in total. The van der Waals surface area contributed by atoms with E-state index in [2.05, 4.69) is 20.1 Å². The van der Waals surface area contributed by atoms with Crippen LogP contribution in [0.1, 0.15) is 30.0 Å². The fourth-order valence-corrected chi connectivity index (χ4v) is 3.43. The Hall–Kier alpha value is -1.90. The van der Waals surface area contributed by atoms with Crippen molar-refractivity contribution in [3.63, 3.8) is 0 Å². The Morgan fingerprint density at radius 2 is 2.09 bits per heavy atom. The van der Waals surface area contributed by atoms with E-state index in [1.54, 1.807) is 11.3 Å². The van der Waals surface area contributed by atoms with Crippen LogP contribution in [0.3, 0.4) is 0 Å². The molecule has 0 amide bonds. The monoisotopic (exact) mass is 341 g/mol. The Bertz CT molecular complexity index is 724. The second-order valence-electron chi connectivity index (χ2n) is 5.64. The smallest absolute Gasteiger partial charge is 0.280 e. The number of aromatic nitrogens is 4. The largest absolute Gasteiger partial charge is 0.347 e. The van der Waals surface area contributed by atoms with Crippen molar-refractivity contribution in [3.8, 4) is 0 Å². The number of alkyl halides is 2. The van der Waals surface area contributed by atoms with Crippen LogP contribution < -0.4 is 10.5 Å². The standard InChI is InChI=1S/C14H17F2N5OS/c1-9-18-19-14(23-9)20-4-2-10(3-5-20)7-21-8-17-11(13(15)16)6-12(21)22/h6,8,10,13H,2-5,7H2,1H3. The van der Waals surface area contributed by atoms with Gasteiger partial charge in [0, 0.05) is 25.7 Å². The summed E-state index contributed by atoms with van der Waals surface area (Å²) in [7, 11) is 0. The lowest BCUT2D eigenvalue weighted by atomic mass is 9.97. The summed E-state index contributed by atoms with van der Waals surface area (Å²) in [6.45, 7) is 4.15. The molecule has 2 aromatic heterocycles. The van der Waals surface area contributed by atoms with E-state index < -0.39 is 17.7 Å². The summed E-state index contributed by atoms with van der Waals surface area (Å²) in [5, 5.41) is 10.0. The van der Waals surface area contributed by atoms with Gasteiger partial charge in [-0.05, 0) is 25.7 Å². The van der Waals surface area contributed by atoms with Gasteiger partial charge in [0.25, 0.3) is 12.0 Å². The molecule has 0 spiro atoms. The fourth-order valence-electron chi connectivity index (χ4n) is 2.70. The molecule has 0 saturated carbocycles. The van der Waals surface area contributed by atoms with E-state index in [1.165, 1.54) is 10.9 Å². The van der Waals surface area contributed by atoms with Crippen LogP contribution in [-0.2, 0) is 6.54 Å². The molecular formula is C14H17F2N5OS. The minimum absolute atomic E-state index is 0.331. The van der Waals surface area contributed by atoms with E-state index in [-0.39, 0.29) is 0 Å². The summed E-state index contributed by atoms with van der Waals surface area (Å²) in [5.41, 5.74) is -0.884. The predicted octanol–water partition coefficient (Wildman–Crippen LogP) is 2.26. The molecule has 3 rings (SSSR count). The first-order valence-corrected chi connectivity index (χ1v) is 8.24. The van der Waals surface area contributed by atoms with Gasteiger partial charge in [-0.3, -0.25) is 9.36 Å². The zero-order valence-electron chi connectivity index (χ0n) is 12.7. The number of anilines is 1. The van der Waals surface area contributed by atoms with Crippen LogP contribution in [0.2, 0.25) is 0 Å². The van der Waals surface area contributed by atoms with Crippen LogP contribution >= 0.6 is 11.3 Å². The highest BCUT2D eigenvalue weighted by molar-refractivity contribution is 7.15. The lowest BCUT2D eigenvalue weighted by Gasteiger charge is -2.31. The Morgan fingerprint density at radius 3 is 2.65 bits per heavy atom. The van der Waals surface area contributed by atoms with Crippen LogP contribution in [0.15, 0.2) is 17.2 Å². The number of halogens is 2. The molecule has 0 unspecified atom stereocenters. The fraction of sp³-hybridized carbons (Fsp3) is 0.571. The highest BCUT2D eigenvalue weighted by Crippen LogP contribution is 2.26. The molecule has 3 heterocycles. The maximum atomic E-state index is 12.5. The molecule has 9 heteroatoms. The predicted molar refractivity (Wildman–Crippen MR) is 83.0 cm³/mol. The van der Waals surface area contributed by atoms with Crippen molar-refractivity contribution >= 4 is 16.5 Å². The second-order valence-corrected chi connectivity index (χ2v) is 6.80. The molecule has 124 valence electrons. The quantitative estimate of drug-likeness (QED) is 0.853. The SMILES string of the molecule is Cc1nnc(N2CCC(Cn3cnc(C(F)F)cc3=O)CC2)s1. The molecule has 0 bridgehead atoms. The molecule has 1 aliphatic heterocycles. The third-order valence-corrected chi connectivity index (χ3v) is 4.88. The number of rotatable bonds is 4. The number of piperidine rings is 1. The number of nitrogens with zero attached hydrogens (tertiary/aromatic N) is 5. The van der Waals surface area contributed by atoms with Crippen LogP contribution in [0.25, 0.3) is 0 Å². The average Bonchev–Trinajstić information content (AvgIpc) is 2.96. The molecule has 0 N–H and O–H groups in total. The van der Waals surface area contributed by atoms with Gasteiger partial charge in [-0.25, -0.2) is 13.8 Å². The average molecular weight is 341 g/mol. The Kier molecular flexibility index (Phi) is 4.65. The van der Waals surface area contributed by atoms with Gasteiger partial charge < -0.3 is 4.90 Å². The number of aryl methyl sites for hydroxylation is 1. The molecular weight excluding hydrogens is 324 g/mol. The lowest BCUT2D eigenvalue weighted by Crippen LogP contribution is -2.36. The third-order valence-electron chi connectivity index (χ3n) is 3.98. The highest BCUT2D eigenvalue weighted by atomic mass is 32.1. The minimum Gasteiger partial charge on any atom is -0.347 e. The van der Waals surface area contributed by atoms with E-state index in [1.807, 2.05) is 6.92 Å². The summed E-state index contributed by atoms with van der Waals surface area (Å²) in [6, 6.07) is 0.920. The van der Waals surface area contributed by atoms with E-state index in [0.717, 1.165) is 42.1 Å². The van der Waals surface area contributed by atoms with Crippen LogP contribution in [0.5, 0.6) is 0 Å². The van der Waals surface area contributed by atoms with Gasteiger partial charge >= 0.3 is 0 Å². The van der Waals surface area contributed by atoms with E-state index >= 15 is 0 Å². The molecule has 23 heavy (non-hydrogen) atoms. The molecule has 0 atom stereocenters. The van der Waals surface area contributed by atoms with Crippen molar-refractivity contribution in [2.45, 2.75) is 32.7 Å².